The molecule has 0 aliphatic rings. The zero-order valence-electron chi connectivity index (χ0n) is 10.8. The van der Waals surface area contributed by atoms with Crippen molar-refractivity contribution >= 4 is 44.7 Å². The minimum absolute atomic E-state index is 0.190. The van der Waals surface area contributed by atoms with Crippen LogP contribution in [0.5, 0.6) is 0 Å². The Bertz CT molecular complexity index is 668. The van der Waals surface area contributed by atoms with E-state index in [0.29, 0.717) is 16.8 Å². The van der Waals surface area contributed by atoms with Crippen LogP contribution in [0.4, 0.5) is 5.69 Å². The Kier molecular flexibility index (Phi) is 4.52. The highest BCUT2D eigenvalue weighted by Crippen LogP contribution is 2.21. The number of rotatable bonds is 3. The molecule has 0 aliphatic carbocycles. The Morgan fingerprint density at radius 3 is 2.45 bits per heavy atom. The van der Waals surface area contributed by atoms with Gasteiger partial charge in [0, 0.05) is 15.6 Å². The minimum Gasteiger partial charge on any atom is -0.389 e. The standard InChI is InChI=1S/C15H13BrN2OS/c1-9-2-4-10(5-3-9)15(19)18-13-7-6-11(16)8-12(13)14(17)20/h2-8H,1H3,(H2,17,20)(H,18,19). The summed E-state index contributed by atoms with van der Waals surface area (Å²) in [5.41, 5.74) is 8.61. The van der Waals surface area contributed by atoms with E-state index in [2.05, 4.69) is 21.2 Å². The van der Waals surface area contributed by atoms with E-state index in [1.165, 1.54) is 0 Å². The average molecular weight is 349 g/mol. The predicted octanol–water partition coefficient (Wildman–Crippen LogP) is 3.64. The fourth-order valence-corrected chi connectivity index (χ4v) is 2.26. The molecule has 2 aromatic rings. The van der Waals surface area contributed by atoms with Gasteiger partial charge in [0.25, 0.3) is 5.91 Å². The summed E-state index contributed by atoms with van der Waals surface area (Å²) in [6.45, 7) is 1.97. The van der Waals surface area contributed by atoms with Crippen LogP contribution in [0.2, 0.25) is 0 Å². The van der Waals surface area contributed by atoms with Gasteiger partial charge < -0.3 is 11.1 Å². The molecule has 3 N–H and O–H groups in total. The summed E-state index contributed by atoms with van der Waals surface area (Å²) in [7, 11) is 0. The SMILES string of the molecule is Cc1ccc(C(=O)Nc2ccc(Br)cc2C(N)=S)cc1. The van der Waals surface area contributed by atoms with Gasteiger partial charge >= 0.3 is 0 Å². The van der Waals surface area contributed by atoms with E-state index < -0.39 is 0 Å². The number of benzene rings is 2. The van der Waals surface area contributed by atoms with Gasteiger partial charge in [-0.2, -0.15) is 0 Å². The van der Waals surface area contributed by atoms with Gasteiger partial charge in [0.05, 0.1) is 5.69 Å². The maximum atomic E-state index is 12.2. The largest absolute Gasteiger partial charge is 0.389 e. The highest BCUT2D eigenvalue weighted by molar-refractivity contribution is 9.10. The smallest absolute Gasteiger partial charge is 0.255 e. The van der Waals surface area contributed by atoms with Crippen LogP contribution in [0.25, 0.3) is 0 Å². The molecule has 3 nitrogen and oxygen atoms in total. The van der Waals surface area contributed by atoms with Crippen molar-refractivity contribution in [2.24, 2.45) is 5.73 Å². The topological polar surface area (TPSA) is 55.1 Å². The number of hydrogen-bond donors (Lipinski definition) is 2. The molecule has 20 heavy (non-hydrogen) atoms. The van der Waals surface area contributed by atoms with Crippen molar-refractivity contribution in [3.05, 3.63) is 63.6 Å². The van der Waals surface area contributed by atoms with Crippen molar-refractivity contribution in [2.45, 2.75) is 6.92 Å². The number of carbonyl (C=O) groups is 1. The zero-order chi connectivity index (χ0) is 14.7. The number of thiocarbonyl (C=S) groups is 1. The van der Waals surface area contributed by atoms with Gasteiger partial charge in [0.1, 0.15) is 4.99 Å². The lowest BCUT2D eigenvalue weighted by molar-refractivity contribution is 0.102. The molecule has 0 heterocycles. The third-order valence-electron chi connectivity index (χ3n) is 2.81. The summed E-state index contributed by atoms with van der Waals surface area (Å²) >= 11 is 8.36. The number of hydrogen-bond acceptors (Lipinski definition) is 2. The molecule has 0 spiro atoms. The van der Waals surface area contributed by atoms with Crippen LogP contribution in [0.15, 0.2) is 46.9 Å². The molecule has 0 saturated carbocycles. The van der Waals surface area contributed by atoms with E-state index in [1.807, 2.05) is 25.1 Å². The first kappa shape index (κ1) is 14.7. The van der Waals surface area contributed by atoms with Crippen LogP contribution in [0.3, 0.4) is 0 Å². The summed E-state index contributed by atoms with van der Waals surface area (Å²) < 4.78 is 0.855. The van der Waals surface area contributed by atoms with Gasteiger partial charge in [-0.3, -0.25) is 4.79 Å². The van der Waals surface area contributed by atoms with Crippen LogP contribution in [-0.4, -0.2) is 10.9 Å². The summed E-state index contributed by atoms with van der Waals surface area (Å²) in [6, 6.07) is 12.7. The predicted molar refractivity (Wildman–Crippen MR) is 89.2 cm³/mol. The van der Waals surface area contributed by atoms with Crippen LogP contribution in [0, 0.1) is 6.92 Å². The number of nitrogens with two attached hydrogens (primary N) is 1. The monoisotopic (exact) mass is 348 g/mol. The molecule has 0 aromatic heterocycles. The third kappa shape index (κ3) is 3.43. The summed E-state index contributed by atoms with van der Waals surface area (Å²) in [4.78, 5) is 12.4. The van der Waals surface area contributed by atoms with E-state index in [1.54, 1.807) is 24.3 Å². The molecule has 2 rings (SSSR count). The van der Waals surface area contributed by atoms with E-state index >= 15 is 0 Å². The Labute approximate surface area is 131 Å². The van der Waals surface area contributed by atoms with Crippen molar-refractivity contribution in [2.75, 3.05) is 5.32 Å². The molecule has 0 radical (unpaired) electrons. The molecule has 1 amide bonds. The second kappa shape index (κ2) is 6.15. The number of carbonyl (C=O) groups excluding carboxylic acids is 1. The molecule has 0 saturated heterocycles. The van der Waals surface area contributed by atoms with Gasteiger partial charge in [-0.25, -0.2) is 0 Å². The molecular weight excluding hydrogens is 336 g/mol. The van der Waals surface area contributed by atoms with E-state index in [0.717, 1.165) is 10.0 Å². The van der Waals surface area contributed by atoms with E-state index in [9.17, 15) is 4.79 Å². The van der Waals surface area contributed by atoms with Crippen LogP contribution < -0.4 is 11.1 Å². The highest BCUT2D eigenvalue weighted by atomic mass is 79.9. The maximum absolute atomic E-state index is 12.2. The molecule has 0 unspecified atom stereocenters. The summed E-state index contributed by atoms with van der Waals surface area (Å²) in [5, 5.41) is 2.83. The van der Waals surface area contributed by atoms with Crippen molar-refractivity contribution in [3.8, 4) is 0 Å². The molecule has 0 aliphatic heterocycles. The van der Waals surface area contributed by atoms with E-state index in [4.69, 9.17) is 18.0 Å². The third-order valence-corrected chi connectivity index (χ3v) is 3.52. The number of anilines is 1. The molecule has 5 heteroatoms. The number of aryl methyl sites for hydroxylation is 1. The van der Waals surface area contributed by atoms with Crippen molar-refractivity contribution in [1.29, 1.82) is 0 Å². The van der Waals surface area contributed by atoms with Gasteiger partial charge in [0.15, 0.2) is 0 Å². The van der Waals surface area contributed by atoms with Gasteiger partial charge in [0.2, 0.25) is 0 Å². The van der Waals surface area contributed by atoms with Crippen molar-refractivity contribution < 1.29 is 4.79 Å². The van der Waals surface area contributed by atoms with Crippen molar-refractivity contribution in [1.82, 2.24) is 0 Å². The fraction of sp³-hybridized carbons (Fsp3) is 0.0667. The molecular formula is C15H13BrN2OS. The van der Waals surface area contributed by atoms with Gasteiger partial charge in [-0.05, 0) is 37.3 Å². The van der Waals surface area contributed by atoms with Crippen LogP contribution in [-0.2, 0) is 0 Å². The quantitative estimate of drug-likeness (QED) is 0.832. The normalized spacial score (nSPS) is 10.1. The Balaban J connectivity index is 2.28. The molecule has 2 aromatic carbocycles. The van der Waals surface area contributed by atoms with Gasteiger partial charge in [-0.1, -0.05) is 45.8 Å². The van der Waals surface area contributed by atoms with Gasteiger partial charge in [-0.15, -0.1) is 0 Å². The Morgan fingerprint density at radius 2 is 1.85 bits per heavy atom. The molecule has 102 valence electrons. The van der Waals surface area contributed by atoms with Crippen LogP contribution in [0.1, 0.15) is 21.5 Å². The lowest BCUT2D eigenvalue weighted by Crippen LogP contribution is -2.17. The van der Waals surface area contributed by atoms with E-state index in [-0.39, 0.29) is 10.9 Å². The first-order valence-corrected chi connectivity index (χ1v) is 7.15. The van der Waals surface area contributed by atoms with Crippen molar-refractivity contribution in [3.63, 3.8) is 0 Å². The zero-order valence-corrected chi connectivity index (χ0v) is 13.2. The van der Waals surface area contributed by atoms with Crippen LogP contribution >= 0.6 is 28.1 Å². The lowest BCUT2D eigenvalue weighted by Gasteiger charge is -2.11. The molecule has 0 atom stereocenters. The summed E-state index contributed by atoms with van der Waals surface area (Å²) in [5.74, 6) is -0.190. The minimum atomic E-state index is -0.190. The highest BCUT2D eigenvalue weighted by Gasteiger charge is 2.11. The first-order chi connectivity index (χ1) is 9.47. The summed E-state index contributed by atoms with van der Waals surface area (Å²) in [6.07, 6.45) is 0. The second-order valence-corrected chi connectivity index (χ2v) is 5.73. The Hall–Kier alpha value is -1.72. The first-order valence-electron chi connectivity index (χ1n) is 5.95. The average Bonchev–Trinajstić information content (AvgIpc) is 2.41. The number of halogens is 1. The second-order valence-electron chi connectivity index (χ2n) is 4.37. The molecule has 0 bridgehead atoms. The number of nitrogens with one attached hydrogen (secondary N) is 1. The maximum Gasteiger partial charge on any atom is 0.255 e. The Morgan fingerprint density at radius 1 is 1.20 bits per heavy atom. The lowest BCUT2D eigenvalue weighted by atomic mass is 10.1. The number of amides is 1. The molecule has 0 fully saturated rings. The fourth-order valence-electron chi connectivity index (χ4n) is 1.73.